The molecule has 0 aliphatic carbocycles. The summed E-state index contributed by atoms with van der Waals surface area (Å²) in [5.74, 6) is -0.800. The van der Waals surface area contributed by atoms with Gasteiger partial charge in [-0.1, -0.05) is 48.5 Å². The van der Waals surface area contributed by atoms with Crippen LogP contribution in [-0.4, -0.2) is 36.4 Å². The molecule has 0 heterocycles. The fraction of sp³-hybridized carbons (Fsp3) is 0.250. The van der Waals surface area contributed by atoms with E-state index in [1.54, 1.807) is 0 Å². The van der Waals surface area contributed by atoms with E-state index in [0.717, 1.165) is 37.0 Å². The highest BCUT2D eigenvalue weighted by atomic mass is 16.5. The molecule has 0 bridgehead atoms. The summed E-state index contributed by atoms with van der Waals surface area (Å²) >= 11 is 0. The van der Waals surface area contributed by atoms with E-state index in [1.807, 2.05) is 30.3 Å². The number of amides is 1. The molecule has 3 rings (SSSR count). The van der Waals surface area contributed by atoms with Crippen LogP contribution in [0.3, 0.4) is 0 Å². The van der Waals surface area contributed by atoms with Crippen molar-refractivity contribution < 1.29 is 24.2 Å². The molecule has 0 aromatic heterocycles. The quantitative estimate of drug-likeness (QED) is 0.278. The third-order valence-corrected chi connectivity index (χ3v) is 5.52. The zero-order valence-electron chi connectivity index (χ0n) is 19.0. The van der Waals surface area contributed by atoms with Crippen molar-refractivity contribution in [1.29, 1.82) is 0 Å². The third kappa shape index (κ3) is 7.59. The van der Waals surface area contributed by atoms with Gasteiger partial charge < -0.3 is 15.2 Å². The normalized spacial score (nSPS) is 10.5. The Hall–Kier alpha value is -3.93. The molecule has 0 radical (unpaired) electrons. The Balaban J connectivity index is 1.35. The fourth-order valence-corrected chi connectivity index (χ4v) is 3.60. The molecule has 6 heteroatoms. The lowest BCUT2D eigenvalue weighted by Crippen LogP contribution is -2.26. The van der Waals surface area contributed by atoms with Gasteiger partial charge in [-0.05, 0) is 67.5 Å². The lowest BCUT2D eigenvalue weighted by Gasteiger charge is -2.09. The number of aryl methyl sites for hydroxylation is 1. The molecule has 6 nitrogen and oxygen atoms in total. The second-order valence-electron chi connectivity index (χ2n) is 8.02. The molecule has 0 fully saturated rings. The number of unbranched alkanes of at least 4 members (excludes halogenated alkanes) is 2. The molecule has 2 N–H and O–H groups in total. The van der Waals surface area contributed by atoms with E-state index in [2.05, 4.69) is 29.6 Å². The summed E-state index contributed by atoms with van der Waals surface area (Å²) in [7, 11) is 0. The number of hydrogen-bond acceptors (Lipinski definition) is 4. The van der Waals surface area contributed by atoms with Gasteiger partial charge in [0, 0.05) is 17.7 Å². The van der Waals surface area contributed by atoms with Gasteiger partial charge in [-0.25, -0.2) is 4.79 Å². The van der Waals surface area contributed by atoms with E-state index in [9.17, 15) is 19.5 Å². The fourth-order valence-electron chi connectivity index (χ4n) is 3.60. The summed E-state index contributed by atoms with van der Waals surface area (Å²) in [6, 6.07) is 22.3. The first-order chi connectivity index (χ1) is 16.6. The van der Waals surface area contributed by atoms with Crippen molar-refractivity contribution in [3.8, 4) is 5.75 Å². The molecule has 34 heavy (non-hydrogen) atoms. The Labute approximate surface area is 199 Å². The zero-order chi connectivity index (χ0) is 24.2. The van der Waals surface area contributed by atoms with Crippen LogP contribution in [0.1, 0.15) is 61.5 Å². The average Bonchev–Trinajstić information content (AvgIpc) is 2.87. The highest BCUT2D eigenvalue weighted by Crippen LogP contribution is 2.14. The van der Waals surface area contributed by atoms with Gasteiger partial charge >= 0.3 is 5.97 Å². The van der Waals surface area contributed by atoms with Crippen molar-refractivity contribution in [2.24, 2.45) is 0 Å². The predicted molar refractivity (Wildman–Crippen MR) is 131 cm³/mol. The topological polar surface area (TPSA) is 92.7 Å². The van der Waals surface area contributed by atoms with E-state index < -0.39 is 5.97 Å². The van der Waals surface area contributed by atoms with Crippen LogP contribution < -0.4 is 10.1 Å². The number of aromatic carboxylic acids is 1. The minimum Gasteiger partial charge on any atom is -0.494 e. The number of hydrogen-bond donors (Lipinski definition) is 2. The van der Waals surface area contributed by atoms with Crippen molar-refractivity contribution in [3.63, 3.8) is 0 Å². The van der Waals surface area contributed by atoms with Crippen LogP contribution in [0.5, 0.6) is 5.75 Å². The number of carbonyl (C=O) groups is 3. The van der Waals surface area contributed by atoms with Crippen molar-refractivity contribution >= 4 is 18.2 Å². The molecule has 0 unspecified atom stereocenters. The van der Waals surface area contributed by atoms with E-state index in [0.29, 0.717) is 25.9 Å². The van der Waals surface area contributed by atoms with Crippen LogP contribution in [0.2, 0.25) is 0 Å². The van der Waals surface area contributed by atoms with Crippen LogP contribution in [0.25, 0.3) is 0 Å². The lowest BCUT2D eigenvalue weighted by molar-refractivity contribution is 0.0694. The maximum Gasteiger partial charge on any atom is 0.336 e. The van der Waals surface area contributed by atoms with Crippen LogP contribution in [0, 0.1) is 0 Å². The van der Waals surface area contributed by atoms with Gasteiger partial charge in [0.15, 0.2) is 6.29 Å². The van der Waals surface area contributed by atoms with E-state index in [-0.39, 0.29) is 22.6 Å². The molecule has 0 spiro atoms. The Kier molecular flexibility index (Phi) is 9.40. The maximum atomic E-state index is 12.3. The number of benzene rings is 3. The molecule has 176 valence electrons. The van der Waals surface area contributed by atoms with Crippen LogP contribution in [0.4, 0.5) is 0 Å². The Bertz CT molecular complexity index is 1090. The minimum atomic E-state index is -1.24. The zero-order valence-corrected chi connectivity index (χ0v) is 19.0. The molecular formula is C28H29NO5. The van der Waals surface area contributed by atoms with Crippen LogP contribution >= 0.6 is 0 Å². The summed E-state index contributed by atoms with van der Waals surface area (Å²) in [6.07, 6.45) is 5.47. The summed E-state index contributed by atoms with van der Waals surface area (Å²) in [6.45, 7) is 1.09. The summed E-state index contributed by atoms with van der Waals surface area (Å²) in [5.41, 5.74) is 2.48. The molecule has 3 aromatic rings. The molecule has 0 aliphatic heterocycles. The number of carboxylic acid groups (broad SMARTS) is 1. The lowest BCUT2D eigenvalue weighted by atomic mass is 10.0. The second-order valence-corrected chi connectivity index (χ2v) is 8.02. The second kappa shape index (κ2) is 12.9. The number of carboxylic acids is 1. The number of aldehydes is 1. The van der Waals surface area contributed by atoms with Gasteiger partial charge in [0.1, 0.15) is 5.75 Å². The monoisotopic (exact) mass is 459 g/mol. The average molecular weight is 460 g/mol. The van der Waals surface area contributed by atoms with E-state index >= 15 is 0 Å². The van der Waals surface area contributed by atoms with E-state index in [4.69, 9.17) is 4.74 Å². The SMILES string of the molecule is O=Cc1ccc(C(=O)NCCc2ccc(OCCCCCc3ccccc3)cc2)cc1C(=O)O. The number of carbonyl (C=O) groups excluding carboxylic acids is 2. The molecule has 0 saturated carbocycles. The van der Waals surface area contributed by atoms with Crippen molar-refractivity contribution in [2.75, 3.05) is 13.2 Å². The number of rotatable bonds is 13. The number of ether oxygens (including phenoxy) is 1. The Morgan fingerprint density at radius 2 is 1.59 bits per heavy atom. The standard InChI is InChI=1S/C28H29NO5/c30-20-24-13-12-23(19-26(24)28(32)33)27(31)29-17-16-22-10-14-25(15-11-22)34-18-6-2-5-9-21-7-3-1-4-8-21/h1,3-4,7-8,10-15,19-20H,2,5-6,9,16-18H2,(H,29,31)(H,32,33). The van der Waals surface area contributed by atoms with Gasteiger partial charge in [0.05, 0.1) is 12.2 Å². The van der Waals surface area contributed by atoms with Crippen LogP contribution in [0.15, 0.2) is 72.8 Å². The van der Waals surface area contributed by atoms with Crippen molar-refractivity contribution in [1.82, 2.24) is 5.32 Å². The van der Waals surface area contributed by atoms with Gasteiger partial charge in [-0.15, -0.1) is 0 Å². The summed E-state index contributed by atoms with van der Waals surface area (Å²) < 4.78 is 5.82. The predicted octanol–water partition coefficient (Wildman–Crippen LogP) is 4.96. The Morgan fingerprint density at radius 3 is 2.29 bits per heavy atom. The smallest absolute Gasteiger partial charge is 0.336 e. The number of nitrogens with one attached hydrogen (secondary N) is 1. The molecule has 0 aliphatic rings. The van der Waals surface area contributed by atoms with Crippen molar-refractivity contribution in [3.05, 3.63) is 101 Å². The van der Waals surface area contributed by atoms with Gasteiger partial charge in [-0.2, -0.15) is 0 Å². The third-order valence-electron chi connectivity index (χ3n) is 5.52. The van der Waals surface area contributed by atoms with Gasteiger partial charge in [0.2, 0.25) is 0 Å². The molecular weight excluding hydrogens is 430 g/mol. The summed E-state index contributed by atoms with van der Waals surface area (Å²) in [4.78, 5) is 34.5. The van der Waals surface area contributed by atoms with Crippen molar-refractivity contribution in [2.45, 2.75) is 32.1 Å². The Morgan fingerprint density at radius 1 is 0.853 bits per heavy atom. The van der Waals surface area contributed by atoms with Gasteiger partial charge in [-0.3, -0.25) is 9.59 Å². The van der Waals surface area contributed by atoms with Crippen LogP contribution in [-0.2, 0) is 12.8 Å². The molecule has 0 saturated heterocycles. The molecule has 0 atom stereocenters. The van der Waals surface area contributed by atoms with Gasteiger partial charge in [0.25, 0.3) is 5.91 Å². The highest BCUT2D eigenvalue weighted by molar-refractivity contribution is 6.01. The molecule has 1 amide bonds. The van der Waals surface area contributed by atoms with E-state index in [1.165, 1.54) is 23.8 Å². The first kappa shape index (κ1) is 24.7. The highest BCUT2D eigenvalue weighted by Gasteiger charge is 2.14. The maximum absolute atomic E-state index is 12.3. The molecule has 3 aromatic carbocycles. The first-order valence-corrected chi connectivity index (χ1v) is 11.4. The minimum absolute atomic E-state index is 0.0403. The first-order valence-electron chi connectivity index (χ1n) is 11.4. The summed E-state index contributed by atoms with van der Waals surface area (Å²) in [5, 5.41) is 12.0. The largest absolute Gasteiger partial charge is 0.494 e.